The molecule has 1 aliphatic rings. The zero-order valence-electron chi connectivity index (χ0n) is 12.2. The molecule has 0 spiro atoms. The van der Waals surface area contributed by atoms with Gasteiger partial charge < -0.3 is 5.32 Å². The number of anilines is 1. The quantitative estimate of drug-likeness (QED) is 0.907. The SMILES string of the molecule is CNc1nc(C2CCCC2)nc(-c2ccccc2)c1C. The molecule has 2 aromatic rings. The van der Waals surface area contributed by atoms with Crippen molar-refractivity contribution < 1.29 is 0 Å². The van der Waals surface area contributed by atoms with Crippen molar-refractivity contribution in [2.75, 3.05) is 12.4 Å². The summed E-state index contributed by atoms with van der Waals surface area (Å²) in [7, 11) is 1.93. The van der Waals surface area contributed by atoms with Crippen LogP contribution in [0, 0.1) is 6.92 Å². The maximum absolute atomic E-state index is 4.88. The summed E-state index contributed by atoms with van der Waals surface area (Å²) >= 11 is 0. The molecule has 3 heteroatoms. The highest BCUT2D eigenvalue weighted by molar-refractivity contribution is 5.68. The molecule has 1 heterocycles. The summed E-state index contributed by atoms with van der Waals surface area (Å²) in [4.78, 5) is 9.62. The zero-order valence-corrected chi connectivity index (χ0v) is 12.2. The van der Waals surface area contributed by atoms with Crippen molar-refractivity contribution in [1.82, 2.24) is 9.97 Å². The summed E-state index contributed by atoms with van der Waals surface area (Å²) in [6, 6.07) is 10.4. The Balaban J connectivity index is 2.10. The Morgan fingerprint density at radius 2 is 1.75 bits per heavy atom. The summed E-state index contributed by atoms with van der Waals surface area (Å²) in [5.41, 5.74) is 3.36. The summed E-state index contributed by atoms with van der Waals surface area (Å²) < 4.78 is 0. The summed E-state index contributed by atoms with van der Waals surface area (Å²) in [5, 5.41) is 3.22. The van der Waals surface area contributed by atoms with E-state index in [2.05, 4.69) is 36.5 Å². The Labute approximate surface area is 120 Å². The number of hydrogen-bond acceptors (Lipinski definition) is 3. The fourth-order valence-electron chi connectivity index (χ4n) is 3.02. The Morgan fingerprint density at radius 1 is 1.05 bits per heavy atom. The van der Waals surface area contributed by atoms with Crippen LogP contribution in [0.4, 0.5) is 5.82 Å². The van der Waals surface area contributed by atoms with E-state index in [1.807, 2.05) is 13.1 Å². The molecule has 1 aromatic heterocycles. The van der Waals surface area contributed by atoms with E-state index in [4.69, 9.17) is 9.97 Å². The molecule has 0 bridgehead atoms. The van der Waals surface area contributed by atoms with Gasteiger partial charge in [-0.2, -0.15) is 0 Å². The predicted octanol–water partition coefficient (Wildman–Crippen LogP) is 4.15. The lowest BCUT2D eigenvalue weighted by atomic mass is 10.0. The van der Waals surface area contributed by atoms with Crippen molar-refractivity contribution in [3.8, 4) is 11.3 Å². The van der Waals surface area contributed by atoms with Crippen LogP contribution in [0.1, 0.15) is 43.0 Å². The molecule has 0 aliphatic heterocycles. The van der Waals surface area contributed by atoms with E-state index in [1.54, 1.807) is 0 Å². The molecule has 1 fully saturated rings. The van der Waals surface area contributed by atoms with Crippen LogP contribution >= 0.6 is 0 Å². The largest absolute Gasteiger partial charge is 0.373 e. The zero-order chi connectivity index (χ0) is 13.9. The minimum absolute atomic E-state index is 0.533. The first-order valence-electron chi connectivity index (χ1n) is 7.41. The molecule has 1 saturated carbocycles. The van der Waals surface area contributed by atoms with Crippen molar-refractivity contribution in [2.45, 2.75) is 38.5 Å². The molecule has 104 valence electrons. The van der Waals surface area contributed by atoms with E-state index >= 15 is 0 Å². The number of benzene rings is 1. The second kappa shape index (κ2) is 5.61. The molecule has 0 unspecified atom stereocenters. The number of aromatic nitrogens is 2. The van der Waals surface area contributed by atoms with Gasteiger partial charge in [-0.3, -0.25) is 0 Å². The standard InChI is InChI=1S/C17H21N3/c1-12-15(13-8-4-3-5-9-13)19-17(20-16(12)18-2)14-10-6-7-11-14/h3-5,8-9,14H,6-7,10-11H2,1-2H3,(H,18,19,20). The lowest BCUT2D eigenvalue weighted by Crippen LogP contribution is -2.08. The number of rotatable bonds is 3. The van der Waals surface area contributed by atoms with Crippen LogP contribution in [-0.4, -0.2) is 17.0 Å². The summed E-state index contributed by atoms with van der Waals surface area (Å²) in [6.45, 7) is 2.09. The van der Waals surface area contributed by atoms with Crippen LogP contribution in [-0.2, 0) is 0 Å². The lowest BCUT2D eigenvalue weighted by Gasteiger charge is -2.15. The number of nitrogens with zero attached hydrogens (tertiary/aromatic N) is 2. The van der Waals surface area contributed by atoms with Crippen LogP contribution in [0.5, 0.6) is 0 Å². The monoisotopic (exact) mass is 267 g/mol. The van der Waals surface area contributed by atoms with Crippen molar-refractivity contribution in [3.63, 3.8) is 0 Å². The van der Waals surface area contributed by atoms with Gasteiger partial charge >= 0.3 is 0 Å². The maximum Gasteiger partial charge on any atom is 0.134 e. The first-order chi connectivity index (χ1) is 9.79. The Morgan fingerprint density at radius 3 is 2.40 bits per heavy atom. The third-order valence-corrected chi connectivity index (χ3v) is 4.17. The van der Waals surface area contributed by atoms with Gasteiger partial charge in [0.25, 0.3) is 0 Å². The summed E-state index contributed by atoms with van der Waals surface area (Å²) in [5.74, 6) is 2.50. The van der Waals surface area contributed by atoms with Crippen molar-refractivity contribution in [3.05, 3.63) is 41.7 Å². The van der Waals surface area contributed by atoms with Crippen molar-refractivity contribution in [2.24, 2.45) is 0 Å². The van der Waals surface area contributed by atoms with Crippen LogP contribution in [0.25, 0.3) is 11.3 Å². The minimum Gasteiger partial charge on any atom is -0.373 e. The molecule has 1 N–H and O–H groups in total. The molecule has 3 nitrogen and oxygen atoms in total. The Bertz CT molecular complexity index is 587. The predicted molar refractivity (Wildman–Crippen MR) is 83.0 cm³/mol. The molecule has 0 atom stereocenters. The van der Waals surface area contributed by atoms with Crippen LogP contribution in [0.15, 0.2) is 30.3 Å². The third-order valence-electron chi connectivity index (χ3n) is 4.17. The second-order valence-electron chi connectivity index (χ2n) is 5.50. The van der Waals surface area contributed by atoms with E-state index < -0.39 is 0 Å². The third kappa shape index (κ3) is 2.40. The van der Waals surface area contributed by atoms with E-state index in [-0.39, 0.29) is 0 Å². The molecular weight excluding hydrogens is 246 g/mol. The smallest absolute Gasteiger partial charge is 0.134 e. The molecule has 3 rings (SSSR count). The topological polar surface area (TPSA) is 37.8 Å². The maximum atomic E-state index is 4.88. The lowest BCUT2D eigenvalue weighted by molar-refractivity contribution is 0.669. The molecule has 0 saturated heterocycles. The molecule has 20 heavy (non-hydrogen) atoms. The van der Waals surface area contributed by atoms with E-state index in [0.29, 0.717) is 5.92 Å². The number of hydrogen-bond donors (Lipinski definition) is 1. The highest BCUT2D eigenvalue weighted by Gasteiger charge is 2.22. The van der Waals surface area contributed by atoms with E-state index in [1.165, 1.54) is 31.2 Å². The van der Waals surface area contributed by atoms with E-state index in [9.17, 15) is 0 Å². The average Bonchev–Trinajstić information content (AvgIpc) is 3.03. The van der Waals surface area contributed by atoms with Gasteiger partial charge in [-0.25, -0.2) is 9.97 Å². The van der Waals surface area contributed by atoms with Crippen molar-refractivity contribution in [1.29, 1.82) is 0 Å². The van der Waals surface area contributed by atoms with Gasteiger partial charge in [-0.15, -0.1) is 0 Å². The Kier molecular flexibility index (Phi) is 3.68. The van der Waals surface area contributed by atoms with Gasteiger partial charge in [0.05, 0.1) is 5.69 Å². The minimum atomic E-state index is 0.533. The molecular formula is C17H21N3. The average molecular weight is 267 g/mol. The first-order valence-corrected chi connectivity index (χ1v) is 7.41. The molecule has 0 amide bonds. The first kappa shape index (κ1) is 13.1. The molecule has 1 aliphatic carbocycles. The van der Waals surface area contributed by atoms with Gasteiger partial charge in [0, 0.05) is 24.1 Å². The Hall–Kier alpha value is -1.90. The normalized spacial score (nSPS) is 15.5. The van der Waals surface area contributed by atoms with E-state index in [0.717, 1.165) is 22.9 Å². The van der Waals surface area contributed by atoms with Crippen molar-refractivity contribution >= 4 is 5.82 Å². The summed E-state index contributed by atoms with van der Waals surface area (Å²) in [6.07, 6.45) is 5.05. The van der Waals surface area contributed by atoms with Gasteiger partial charge in [-0.1, -0.05) is 43.2 Å². The molecule has 1 aromatic carbocycles. The van der Waals surface area contributed by atoms with Crippen LogP contribution in [0.3, 0.4) is 0 Å². The van der Waals surface area contributed by atoms with Crippen LogP contribution in [0.2, 0.25) is 0 Å². The van der Waals surface area contributed by atoms with Gasteiger partial charge in [0.15, 0.2) is 0 Å². The van der Waals surface area contributed by atoms with Crippen LogP contribution < -0.4 is 5.32 Å². The molecule has 0 radical (unpaired) electrons. The van der Waals surface area contributed by atoms with Gasteiger partial charge in [0.1, 0.15) is 11.6 Å². The number of nitrogens with one attached hydrogen (secondary N) is 1. The second-order valence-corrected chi connectivity index (χ2v) is 5.50. The van der Waals surface area contributed by atoms with Gasteiger partial charge in [-0.05, 0) is 19.8 Å². The fraction of sp³-hybridized carbons (Fsp3) is 0.412. The highest BCUT2D eigenvalue weighted by Crippen LogP contribution is 2.35. The fourth-order valence-corrected chi connectivity index (χ4v) is 3.02. The van der Waals surface area contributed by atoms with Gasteiger partial charge in [0.2, 0.25) is 0 Å². The highest BCUT2D eigenvalue weighted by atomic mass is 15.0.